The van der Waals surface area contributed by atoms with E-state index in [1.54, 1.807) is 6.20 Å². The Hall–Kier alpha value is -1.90. The van der Waals surface area contributed by atoms with Crippen molar-refractivity contribution in [3.63, 3.8) is 0 Å². The third-order valence-electron chi connectivity index (χ3n) is 1.93. The summed E-state index contributed by atoms with van der Waals surface area (Å²) in [5, 5.41) is -0.180. The van der Waals surface area contributed by atoms with Gasteiger partial charge in [-0.2, -0.15) is 28.1 Å². The second-order valence-corrected chi connectivity index (χ2v) is 3.71. The molecular weight excluding hydrogens is 287 g/mol. The standard InChI is InChI=1S/C9H7ClF3N5O/c10-6-15-7(18-3-2-14-5-18)17-8(16-6)19-4-1-9(11,12)13/h2-3,5H,1,4H2. The van der Waals surface area contributed by atoms with Gasteiger partial charge in [0.25, 0.3) is 0 Å². The largest absolute Gasteiger partial charge is 0.463 e. The minimum Gasteiger partial charge on any atom is -0.463 e. The van der Waals surface area contributed by atoms with Crippen molar-refractivity contribution in [3.05, 3.63) is 24.0 Å². The van der Waals surface area contributed by atoms with Gasteiger partial charge in [-0.05, 0) is 11.6 Å². The zero-order chi connectivity index (χ0) is 13.9. The Morgan fingerprint density at radius 2 is 2.05 bits per heavy atom. The number of aromatic nitrogens is 5. The molecule has 2 heterocycles. The van der Waals surface area contributed by atoms with Crippen LogP contribution in [0.3, 0.4) is 0 Å². The Kier molecular flexibility index (Phi) is 3.84. The molecule has 0 aromatic carbocycles. The first-order valence-electron chi connectivity index (χ1n) is 5.03. The predicted octanol–water partition coefficient (Wildman–Crippen LogP) is 2.04. The second kappa shape index (κ2) is 5.39. The lowest BCUT2D eigenvalue weighted by Gasteiger charge is -2.08. The van der Waals surface area contributed by atoms with Gasteiger partial charge in [0.1, 0.15) is 12.9 Å². The topological polar surface area (TPSA) is 65.7 Å². The van der Waals surface area contributed by atoms with Crippen molar-refractivity contribution >= 4 is 11.6 Å². The lowest BCUT2D eigenvalue weighted by Crippen LogP contribution is -2.14. The first kappa shape index (κ1) is 13.5. The van der Waals surface area contributed by atoms with Crippen LogP contribution in [0.15, 0.2) is 18.7 Å². The van der Waals surface area contributed by atoms with Crippen LogP contribution in [-0.2, 0) is 0 Å². The summed E-state index contributed by atoms with van der Waals surface area (Å²) in [6.07, 6.45) is -0.959. The molecule has 0 radical (unpaired) electrons. The maximum Gasteiger partial charge on any atom is 0.392 e. The highest BCUT2D eigenvalue weighted by Gasteiger charge is 2.27. The van der Waals surface area contributed by atoms with Crippen LogP contribution in [0.25, 0.3) is 5.95 Å². The normalized spacial score (nSPS) is 11.6. The molecule has 0 bridgehead atoms. The first-order chi connectivity index (χ1) is 8.94. The van der Waals surface area contributed by atoms with Crippen molar-refractivity contribution in [1.82, 2.24) is 24.5 Å². The number of hydrogen-bond acceptors (Lipinski definition) is 5. The summed E-state index contributed by atoms with van der Waals surface area (Å²) in [6, 6.07) is -0.270. The van der Waals surface area contributed by atoms with E-state index < -0.39 is 19.2 Å². The van der Waals surface area contributed by atoms with Crippen molar-refractivity contribution in [2.75, 3.05) is 6.61 Å². The molecule has 0 spiro atoms. The summed E-state index contributed by atoms with van der Waals surface area (Å²) in [5.74, 6) is 0.111. The van der Waals surface area contributed by atoms with Crippen molar-refractivity contribution in [1.29, 1.82) is 0 Å². The highest BCUT2D eigenvalue weighted by molar-refractivity contribution is 6.28. The molecule has 2 aromatic rings. The lowest BCUT2D eigenvalue weighted by atomic mass is 10.4. The number of imidazole rings is 1. The van der Waals surface area contributed by atoms with Gasteiger partial charge in [0.2, 0.25) is 11.2 Å². The van der Waals surface area contributed by atoms with E-state index in [9.17, 15) is 13.2 Å². The Labute approximate surface area is 110 Å². The molecule has 0 aliphatic carbocycles. The number of alkyl halides is 3. The van der Waals surface area contributed by atoms with Gasteiger partial charge >= 0.3 is 12.2 Å². The SMILES string of the molecule is FC(F)(F)CCOc1nc(Cl)nc(-n2ccnc2)n1. The molecule has 10 heteroatoms. The molecule has 0 amide bonds. The Morgan fingerprint density at radius 3 is 2.68 bits per heavy atom. The Balaban J connectivity index is 2.09. The summed E-state index contributed by atoms with van der Waals surface area (Å²) in [4.78, 5) is 15.0. The van der Waals surface area contributed by atoms with E-state index in [1.807, 2.05) is 0 Å². The van der Waals surface area contributed by atoms with Crippen LogP contribution in [0.4, 0.5) is 13.2 Å². The van der Waals surface area contributed by atoms with Crippen LogP contribution < -0.4 is 4.74 Å². The van der Waals surface area contributed by atoms with Gasteiger partial charge in [-0.25, -0.2) is 4.98 Å². The average molecular weight is 294 g/mol. The van der Waals surface area contributed by atoms with Crippen LogP contribution >= 0.6 is 11.6 Å². The van der Waals surface area contributed by atoms with E-state index in [0.717, 1.165) is 0 Å². The summed E-state index contributed by atoms with van der Waals surface area (Å²) >= 11 is 5.64. The lowest BCUT2D eigenvalue weighted by molar-refractivity contribution is -0.139. The zero-order valence-corrected chi connectivity index (χ0v) is 10.1. The van der Waals surface area contributed by atoms with Crippen LogP contribution in [0.2, 0.25) is 5.28 Å². The Bertz CT molecular complexity index is 545. The van der Waals surface area contributed by atoms with E-state index in [2.05, 4.69) is 19.9 Å². The maximum atomic E-state index is 12.0. The number of rotatable bonds is 4. The molecule has 0 aliphatic heterocycles. The van der Waals surface area contributed by atoms with Gasteiger partial charge in [0, 0.05) is 12.4 Å². The van der Waals surface area contributed by atoms with Gasteiger partial charge < -0.3 is 4.74 Å². The summed E-state index contributed by atoms with van der Waals surface area (Å²) in [5.41, 5.74) is 0. The van der Waals surface area contributed by atoms with Crippen molar-refractivity contribution in [2.45, 2.75) is 12.6 Å². The minimum absolute atomic E-state index is 0.111. The molecule has 19 heavy (non-hydrogen) atoms. The van der Waals surface area contributed by atoms with E-state index >= 15 is 0 Å². The summed E-state index contributed by atoms with van der Waals surface area (Å²) < 4.78 is 42.1. The monoisotopic (exact) mass is 293 g/mol. The molecule has 0 fully saturated rings. The number of ether oxygens (including phenoxy) is 1. The van der Waals surface area contributed by atoms with Crippen LogP contribution in [-0.4, -0.2) is 37.3 Å². The third kappa shape index (κ3) is 4.05. The molecule has 0 saturated heterocycles. The smallest absolute Gasteiger partial charge is 0.392 e. The fourth-order valence-electron chi connectivity index (χ4n) is 1.14. The summed E-state index contributed by atoms with van der Waals surface area (Å²) in [7, 11) is 0. The highest BCUT2D eigenvalue weighted by atomic mass is 35.5. The summed E-state index contributed by atoms with van der Waals surface area (Å²) in [6.45, 7) is -0.590. The van der Waals surface area contributed by atoms with Crippen molar-refractivity contribution in [2.24, 2.45) is 0 Å². The second-order valence-electron chi connectivity index (χ2n) is 3.37. The van der Waals surface area contributed by atoms with Gasteiger partial charge in [-0.3, -0.25) is 4.57 Å². The van der Waals surface area contributed by atoms with Crippen LogP contribution in [0.1, 0.15) is 6.42 Å². The molecule has 0 N–H and O–H groups in total. The number of hydrogen-bond donors (Lipinski definition) is 0. The average Bonchev–Trinajstić information content (AvgIpc) is 2.79. The molecular formula is C9H7ClF3N5O. The Morgan fingerprint density at radius 1 is 1.26 bits per heavy atom. The fraction of sp³-hybridized carbons (Fsp3) is 0.333. The molecule has 0 saturated carbocycles. The third-order valence-corrected chi connectivity index (χ3v) is 2.10. The van der Waals surface area contributed by atoms with Crippen LogP contribution in [0, 0.1) is 0 Å². The number of halogens is 4. The molecule has 2 aromatic heterocycles. The first-order valence-corrected chi connectivity index (χ1v) is 5.41. The quantitative estimate of drug-likeness (QED) is 0.863. The molecule has 0 unspecified atom stereocenters. The van der Waals surface area contributed by atoms with Gasteiger partial charge in [0.05, 0.1) is 6.42 Å². The van der Waals surface area contributed by atoms with E-state index in [4.69, 9.17) is 16.3 Å². The van der Waals surface area contributed by atoms with E-state index in [-0.39, 0.29) is 17.2 Å². The number of nitrogens with zero attached hydrogens (tertiary/aromatic N) is 5. The van der Waals surface area contributed by atoms with Crippen molar-refractivity contribution in [3.8, 4) is 12.0 Å². The van der Waals surface area contributed by atoms with Gasteiger partial charge in [-0.15, -0.1) is 0 Å². The van der Waals surface area contributed by atoms with Gasteiger partial charge in [0.15, 0.2) is 0 Å². The molecule has 2 rings (SSSR count). The highest BCUT2D eigenvalue weighted by Crippen LogP contribution is 2.19. The van der Waals surface area contributed by atoms with E-state index in [1.165, 1.54) is 17.1 Å². The minimum atomic E-state index is -4.30. The maximum absolute atomic E-state index is 12.0. The molecule has 0 aliphatic rings. The fourth-order valence-corrected chi connectivity index (χ4v) is 1.29. The molecule has 102 valence electrons. The zero-order valence-electron chi connectivity index (χ0n) is 9.30. The molecule has 6 nitrogen and oxygen atoms in total. The van der Waals surface area contributed by atoms with Crippen molar-refractivity contribution < 1.29 is 17.9 Å². The van der Waals surface area contributed by atoms with Crippen LogP contribution in [0.5, 0.6) is 6.01 Å². The van der Waals surface area contributed by atoms with E-state index in [0.29, 0.717) is 0 Å². The predicted molar refractivity (Wildman–Crippen MR) is 58.1 cm³/mol. The van der Waals surface area contributed by atoms with Gasteiger partial charge in [-0.1, -0.05) is 0 Å². The molecule has 0 atom stereocenters.